The van der Waals surface area contributed by atoms with Gasteiger partial charge in [0.15, 0.2) is 10.3 Å². The van der Waals surface area contributed by atoms with Crippen molar-refractivity contribution in [2.24, 2.45) is 0 Å². The number of aryl methyl sites for hydroxylation is 1. The Morgan fingerprint density at radius 3 is 1.80 bits per heavy atom. The van der Waals surface area contributed by atoms with Crippen LogP contribution in [-0.4, -0.2) is 38.0 Å². The molecule has 0 aromatic carbocycles. The van der Waals surface area contributed by atoms with Crippen molar-refractivity contribution in [2.45, 2.75) is 47.5 Å². The zero-order valence-electron chi connectivity index (χ0n) is 25.9. The summed E-state index contributed by atoms with van der Waals surface area (Å²) < 4.78 is 0. The number of hydrogen-bond acceptors (Lipinski definition) is 10. The summed E-state index contributed by atoms with van der Waals surface area (Å²) in [6, 6.07) is 12.2. The van der Waals surface area contributed by atoms with Gasteiger partial charge < -0.3 is 10.6 Å². The van der Waals surface area contributed by atoms with Crippen LogP contribution in [0.1, 0.15) is 46.1 Å². The van der Waals surface area contributed by atoms with Crippen molar-refractivity contribution < 1.29 is 0 Å². The van der Waals surface area contributed by atoms with Gasteiger partial charge in [-0.1, -0.05) is 50.4 Å². The SMILES string of the molecule is CC.CCCNc1ncc(-c2cccnc2-c2ccsc2)s1.CCCNc1ncc(-c2cccnc2-c2cnccc2C)s1. The fourth-order valence-corrected chi connectivity index (χ4v) is 6.57. The molecule has 44 heavy (non-hydrogen) atoms. The Labute approximate surface area is 272 Å². The van der Waals surface area contributed by atoms with Crippen molar-refractivity contribution in [2.75, 3.05) is 23.7 Å². The number of nitrogens with zero attached hydrogens (tertiary/aromatic N) is 5. The Bertz CT molecular complexity index is 1690. The van der Waals surface area contributed by atoms with Crippen LogP contribution < -0.4 is 10.6 Å². The summed E-state index contributed by atoms with van der Waals surface area (Å²) in [6.07, 6.45) is 13.4. The third kappa shape index (κ3) is 8.56. The molecule has 0 aliphatic heterocycles. The first-order valence-corrected chi connectivity index (χ1v) is 17.5. The predicted octanol–water partition coefficient (Wildman–Crippen LogP) is 10.2. The molecule has 0 saturated heterocycles. The molecule has 10 heteroatoms. The van der Waals surface area contributed by atoms with E-state index in [2.05, 4.69) is 85.3 Å². The van der Waals surface area contributed by atoms with Crippen LogP contribution in [0.2, 0.25) is 0 Å². The van der Waals surface area contributed by atoms with Crippen molar-refractivity contribution in [3.63, 3.8) is 0 Å². The van der Waals surface area contributed by atoms with Crippen molar-refractivity contribution in [3.8, 4) is 43.4 Å². The van der Waals surface area contributed by atoms with E-state index >= 15 is 0 Å². The topological polar surface area (TPSA) is 88.5 Å². The second kappa shape index (κ2) is 17.3. The van der Waals surface area contributed by atoms with Crippen LogP contribution in [0.15, 0.2) is 84.3 Å². The molecule has 6 aromatic heterocycles. The van der Waals surface area contributed by atoms with Gasteiger partial charge in [-0.05, 0) is 67.1 Å². The third-order valence-electron chi connectivity index (χ3n) is 6.30. The van der Waals surface area contributed by atoms with E-state index in [-0.39, 0.29) is 0 Å². The Balaban J connectivity index is 0.000000191. The average molecular weight is 642 g/mol. The molecule has 6 aromatic rings. The van der Waals surface area contributed by atoms with Crippen LogP contribution in [0.3, 0.4) is 0 Å². The molecule has 2 N–H and O–H groups in total. The molecule has 0 unspecified atom stereocenters. The molecule has 0 aliphatic rings. The summed E-state index contributed by atoms with van der Waals surface area (Å²) in [7, 11) is 0. The fraction of sp³-hybridized carbons (Fsp3) is 0.265. The van der Waals surface area contributed by atoms with E-state index in [0.29, 0.717) is 0 Å². The normalized spacial score (nSPS) is 10.3. The first kappa shape index (κ1) is 32.9. The maximum atomic E-state index is 4.58. The largest absolute Gasteiger partial charge is 0.362 e. The van der Waals surface area contributed by atoms with Gasteiger partial charge in [0, 0.05) is 77.9 Å². The molecule has 228 valence electrons. The molecule has 0 atom stereocenters. The second-order valence-electron chi connectivity index (χ2n) is 9.41. The molecule has 7 nitrogen and oxygen atoms in total. The number of thiophene rings is 1. The Kier molecular flexibility index (Phi) is 13.0. The lowest BCUT2D eigenvalue weighted by Gasteiger charge is -2.08. The zero-order valence-corrected chi connectivity index (χ0v) is 28.3. The maximum Gasteiger partial charge on any atom is 0.183 e. The number of nitrogens with one attached hydrogen (secondary N) is 2. The maximum absolute atomic E-state index is 4.58. The zero-order chi connectivity index (χ0) is 31.1. The Hall–Kier alpha value is -3.99. The van der Waals surface area contributed by atoms with E-state index in [4.69, 9.17) is 0 Å². The summed E-state index contributed by atoms with van der Waals surface area (Å²) in [5.41, 5.74) is 7.63. The van der Waals surface area contributed by atoms with E-state index < -0.39 is 0 Å². The number of anilines is 2. The van der Waals surface area contributed by atoms with Crippen LogP contribution in [0.25, 0.3) is 43.4 Å². The standard InChI is InChI=1S/C17H18N4S.C15H15N3S2.C2H6/c1-3-7-20-17-21-11-15(22-17)13-5-4-8-19-16(13)14-10-18-9-6-12(14)2;1-2-6-17-15-18-9-13(20-15)12-4-3-7-16-14(12)11-5-8-19-10-11;1-2/h4-6,8-11H,3,7H2,1-2H3,(H,20,21);3-5,7-10H,2,6H2,1H3,(H,17,18);1-2H3. The predicted molar refractivity (Wildman–Crippen MR) is 191 cm³/mol. The van der Waals surface area contributed by atoms with Gasteiger partial charge in [0.1, 0.15) is 0 Å². The van der Waals surface area contributed by atoms with Crippen LogP contribution in [-0.2, 0) is 0 Å². The average Bonchev–Trinajstić information content (AvgIpc) is 3.87. The van der Waals surface area contributed by atoms with Gasteiger partial charge in [-0.15, -0.1) is 0 Å². The van der Waals surface area contributed by atoms with Crippen molar-refractivity contribution in [1.82, 2.24) is 24.9 Å². The summed E-state index contributed by atoms with van der Waals surface area (Å²) >= 11 is 5.03. The molecule has 6 rings (SSSR count). The van der Waals surface area contributed by atoms with E-state index in [9.17, 15) is 0 Å². The van der Waals surface area contributed by atoms with Gasteiger partial charge in [0.25, 0.3) is 0 Å². The molecule has 0 amide bonds. The van der Waals surface area contributed by atoms with Crippen LogP contribution in [0.4, 0.5) is 10.3 Å². The number of aromatic nitrogens is 5. The molecule has 0 bridgehead atoms. The van der Waals surface area contributed by atoms with Gasteiger partial charge in [-0.3, -0.25) is 15.0 Å². The minimum Gasteiger partial charge on any atom is -0.362 e. The molecule has 0 saturated carbocycles. The molecule has 6 heterocycles. The molecule has 0 fully saturated rings. The van der Waals surface area contributed by atoms with Crippen LogP contribution in [0.5, 0.6) is 0 Å². The lowest BCUT2D eigenvalue weighted by atomic mass is 10.0. The lowest BCUT2D eigenvalue weighted by Crippen LogP contribution is -1.97. The smallest absolute Gasteiger partial charge is 0.183 e. The van der Waals surface area contributed by atoms with Gasteiger partial charge in [0.2, 0.25) is 0 Å². The lowest BCUT2D eigenvalue weighted by molar-refractivity contribution is 0.976. The number of rotatable bonds is 10. The monoisotopic (exact) mass is 641 g/mol. The van der Waals surface area contributed by atoms with Gasteiger partial charge in [-0.2, -0.15) is 11.3 Å². The number of thiazole rings is 2. The summed E-state index contributed by atoms with van der Waals surface area (Å²) in [5.74, 6) is 0. The second-order valence-corrected chi connectivity index (χ2v) is 12.3. The highest BCUT2D eigenvalue weighted by Crippen LogP contribution is 2.37. The van der Waals surface area contributed by atoms with Crippen LogP contribution in [0, 0.1) is 6.92 Å². The van der Waals surface area contributed by atoms with Gasteiger partial charge in [0.05, 0.1) is 21.1 Å². The minimum atomic E-state index is 0.939. The molecular weight excluding hydrogens is 603 g/mol. The van der Waals surface area contributed by atoms with Gasteiger partial charge >= 0.3 is 0 Å². The van der Waals surface area contributed by atoms with Crippen molar-refractivity contribution in [3.05, 3.63) is 89.9 Å². The van der Waals surface area contributed by atoms with E-state index in [1.54, 1.807) is 40.2 Å². The quantitative estimate of drug-likeness (QED) is 0.154. The highest BCUT2D eigenvalue weighted by Gasteiger charge is 2.14. The molecule has 0 radical (unpaired) electrons. The summed E-state index contributed by atoms with van der Waals surface area (Å²) in [4.78, 5) is 24.5. The minimum absolute atomic E-state index is 0.939. The first-order chi connectivity index (χ1) is 21.7. The highest BCUT2D eigenvalue weighted by molar-refractivity contribution is 7.19. The van der Waals surface area contributed by atoms with Crippen LogP contribution >= 0.6 is 34.0 Å². The summed E-state index contributed by atoms with van der Waals surface area (Å²) in [5, 5.41) is 12.8. The molecule has 0 aliphatic carbocycles. The van der Waals surface area contributed by atoms with E-state index in [1.165, 1.54) is 11.1 Å². The first-order valence-electron chi connectivity index (χ1n) is 14.9. The Morgan fingerprint density at radius 1 is 0.659 bits per heavy atom. The number of hydrogen-bond donors (Lipinski definition) is 2. The molecule has 0 spiro atoms. The third-order valence-corrected chi connectivity index (χ3v) is 8.96. The van der Waals surface area contributed by atoms with Gasteiger partial charge in [-0.25, -0.2) is 9.97 Å². The number of pyridine rings is 3. The highest BCUT2D eigenvalue weighted by atomic mass is 32.1. The Morgan fingerprint density at radius 2 is 1.25 bits per heavy atom. The fourth-order valence-electron chi connectivity index (χ4n) is 4.19. The summed E-state index contributed by atoms with van der Waals surface area (Å²) in [6.45, 7) is 12.3. The molecular formula is C34H39N7S3. The van der Waals surface area contributed by atoms with E-state index in [0.717, 1.165) is 74.0 Å². The van der Waals surface area contributed by atoms with Crippen molar-refractivity contribution >= 4 is 44.3 Å². The van der Waals surface area contributed by atoms with E-state index in [1.807, 2.05) is 63.0 Å². The van der Waals surface area contributed by atoms with Crippen molar-refractivity contribution in [1.29, 1.82) is 0 Å².